The molecule has 28 heavy (non-hydrogen) atoms. The molecule has 1 heterocycles. The molecule has 4 nitrogen and oxygen atoms in total. The molecule has 0 fully saturated rings. The lowest BCUT2D eigenvalue weighted by Crippen LogP contribution is -2.38. The summed E-state index contributed by atoms with van der Waals surface area (Å²) in [6.07, 6.45) is 3.09. The highest BCUT2D eigenvalue weighted by Crippen LogP contribution is 2.46. The van der Waals surface area contributed by atoms with Crippen LogP contribution in [-0.2, 0) is 14.3 Å². The lowest BCUT2D eigenvalue weighted by molar-refractivity contribution is -0.139. The molecule has 2 aliphatic rings. The molecule has 0 radical (unpaired) electrons. The Hall–Kier alpha value is -2.36. The molecule has 0 spiro atoms. The number of rotatable bonds is 5. The van der Waals surface area contributed by atoms with Crippen molar-refractivity contribution in [1.29, 1.82) is 0 Å². The zero-order chi connectivity index (χ0) is 20.5. The van der Waals surface area contributed by atoms with Gasteiger partial charge in [0.05, 0.1) is 12.2 Å². The van der Waals surface area contributed by atoms with Crippen LogP contribution in [0.25, 0.3) is 0 Å². The third kappa shape index (κ3) is 4.06. The number of nitrogens with one attached hydrogen (secondary N) is 1. The SMILES string of the molecule is CCCCOC(=O)C1=C(C)NC2=C(C(=O)CC(C)(C)C2)C1c1cccc(C)c1. The van der Waals surface area contributed by atoms with Crippen LogP contribution in [0.15, 0.2) is 46.8 Å². The molecule has 1 aromatic rings. The predicted molar refractivity (Wildman–Crippen MR) is 111 cm³/mol. The van der Waals surface area contributed by atoms with Crippen LogP contribution in [0.3, 0.4) is 0 Å². The smallest absolute Gasteiger partial charge is 0.336 e. The third-order valence-corrected chi connectivity index (χ3v) is 5.57. The number of allylic oxidation sites excluding steroid dienone is 3. The van der Waals surface area contributed by atoms with Gasteiger partial charge >= 0.3 is 5.97 Å². The molecule has 1 aliphatic heterocycles. The van der Waals surface area contributed by atoms with E-state index in [-0.39, 0.29) is 23.1 Å². The average molecular weight is 382 g/mol. The minimum atomic E-state index is -0.367. The first-order valence-corrected chi connectivity index (χ1v) is 10.2. The monoisotopic (exact) mass is 381 g/mol. The van der Waals surface area contributed by atoms with Gasteiger partial charge in [-0.05, 0) is 37.7 Å². The zero-order valence-electron chi connectivity index (χ0n) is 17.6. The summed E-state index contributed by atoms with van der Waals surface area (Å²) in [5.74, 6) is -0.570. The van der Waals surface area contributed by atoms with Gasteiger partial charge in [0, 0.05) is 29.3 Å². The number of benzene rings is 1. The molecule has 0 saturated carbocycles. The molecule has 1 unspecified atom stereocenters. The van der Waals surface area contributed by atoms with Crippen molar-refractivity contribution < 1.29 is 14.3 Å². The van der Waals surface area contributed by atoms with Crippen molar-refractivity contribution in [2.75, 3.05) is 6.61 Å². The summed E-state index contributed by atoms with van der Waals surface area (Å²) in [5.41, 5.74) is 5.04. The van der Waals surface area contributed by atoms with Crippen LogP contribution in [0.5, 0.6) is 0 Å². The molecule has 0 saturated heterocycles. The molecule has 0 amide bonds. The third-order valence-electron chi connectivity index (χ3n) is 5.57. The van der Waals surface area contributed by atoms with Gasteiger partial charge in [-0.3, -0.25) is 4.79 Å². The summed E-state index contributed by atoms with van der Waals surface area (Å²) >= 11 is 0. The Kier molecular flexibility index (Phi) is 5.78. The fraction of sp³-hybridized carbons (Fsp3) is 0.500. The highest BCUT2D eigenvalue weighted by molar-refractivity contribution is 6.04. The standard InChI is InChI=1S/C24H31NO3/c1-6-7-11-28-23(27)20-16(3)25-18-13-24(4,5)14-19(26)22(18)21(20)17-10-8-9-15(2)12-17/h8-10,12,21,25H,6-7,11,13-14H2,1-5H3. The molecule has 1 atom stereocenters. The second kappa shape index (κ2) is 7.94. The number of aryl methyl sites for hydroxylation is 1. The van der Waals surface area contributed by atoms with Crippen molar-refractivity contribution in [2.24, 2.45) is 5.41 Å². The van der Waals surface area contributed by atoms with E-state index in [0.717, 1.165) is 47.4 Å². The van der Waals surface area contributed by atoms with E-state index in [0.29, 0.717) is 18.6 Å². The van der Waals surface area contributed by atoms with E-state index in [1.807, 2.05) is 32.0 Å². The highest BCUT2D eigenvalue weighted by atomic mass is 16.5. The van der Waals surface area contributed by atoms with Crippen LogP contribution in [0.4, 0.5) is 0 Å². The first-order valence-electron chi connectivity index (χ1n) is 10.2. The summed E-state index contributed by atoms with van der Waals surface area (Å²) < 4.78 is 5.56. The Morgan fingerprint density at radius 1 is 1.25 bits per heavy atom. The van der Waals surface area contributed by atoms with Gasteiger partial charge in [-0.2, -0.15) is 0 Å². The Morgan fingerprint density at radius 3 is 2.68 bits per heavy atom. The van der Waals surface area contributed by atoms with Gasteiger partial charge in [0.15, 0.2) is 5.78 Å². The lowest BCUT2D eigenvalue weighted by Gasteiger charge is -2.39. The fourth-order valence-corrected chi connectivity index (χ4v) is 4.28. The Bertz CT molecular complexity index is 860. The predicted octanol–water partition coefficient (Wildman–Crippen LogP) is 4.94. The topological polar surface area (TPSA) is 55.4 Å². The maximum Gasteiger partial charge on any atom is 0.336 e. The zero-order valence-corrected chi connectivity index (χ0v) is 17.6. The van der Waals surface area contributed by atoms with Gasteiger partial charge in [0.1, 0.15) is 0 Å². The minimum Gasteiger partial charge on any atom is -0.462 e. The van der Waals surface area contributed by atoms with E-state index in [1.165, 1.54) is 0 Å². The molecule has 1 N–H and O–H groups in total. The number of unbranched alkanes of at least 4 members (excludes halogenated alkanes) is 1. The molecular formula is C24H31NO3. The molecule has 1 aromatic carbocycles. The number of ether oxygens (including phenoxy) is 1. The van der Waals surface area contributed by atoms with Crippen molar-refractivity contribution in [3.8, 4) is 0 Å². The van der Waals surface area contributed by atoms with Crippen LogP contribution < -0.4 is 5.32 Å². The van der Waals surface area contributed by atoms with E-state index in [9.17, 15) is 9.59 Å². The second-order valence-electron chi connectivity index (χ2n) is 8.83. The summed E-state index contributed by atoms with van der Waals surface area (Å²) in [5, 5.41) is 3.38. The number of Topliss-reactive ketones (excluding diaryl/α,β-unsaturated/α-hetero) is 1. The fourth-order valence-electron chi connectivity index (χ4n) is 4.28. The first kappa shape index (κ1) is 20.4. The number of ketones is 1. The number of hydrogen-bond donors (Lipinski definition) is 1. The van der Waals surface area contributed by atoms with Crippen LogP contribution >= 0.6 is 0 Å². The Morgan fingerprint density at radius 2 is 2.00 bits per heavy atom. The van der Waals surface area contributed by atoms with Gasteiger partial charge in [-0.1, -0.05) is 57.0 Å². The lowest BCUT2D eigenvalue weighted by atomic mass is 9.68. The van der Waals surface area contributed by atoms with E-state index >= 15 is 0 Å². The maximum atomic E-state index is 13.2. The Labute approximate surface area is 168 Å². The van der Waals surface area contributed by atoms with E-state index in [1.54, 1.807) is 0 Å². The van der Waals surface area contributed by atoms with Gasteiger partial charge in [-0.25, -0.2) is 4.79 Å². The van der Waals surface area contributed by atoms with E-state index in [2.05, 4.69) is 32.2 Å². The van der Waals surface area contributed by atoms with Gasteiger partial charge in [0.2, 0.25) is 0 Å². The average Bonchev–Trinajstić information content (AvgIpc) is 2.59. The summed E-state index contributed by atoms with van der Waals surface area (Å²) in [7, 11) is 0. The van der Waals surface area contributed by atoms with E-state index < -0.39 is 0 Å². The van der Waals surface area contributed by atoms with Gasteiger partial charge in [0.25, 0.3) is 0 Å². The molecule has 3 rings (SSSR count). The van der Waals surface area contributed by atoms with Crippen LogP contribution in [0.2, 0.25) is 0 Å². The number of carbonyl (C=O) groups excluding carboxylic acids is 2. The van der Waals surface area contributed by atoms with Crippen molar-refractivity contribution in [3.63, 3.8) is 0 Å². The van der Waals surface area contributed by atoms with Crippen LogP contribution in [0, 0.1) is 12.3 Å². The normalized spacial score (nSPS) is 21.3. The number of dihydropyridines is 1. The van der Waals surface area contributed by atoms with Crippen molar-refractivity contribution in [2.45, 2.75) is 66.2 Å². The number of esters is 1. The summed E-state index contributed by atoms with van der Waals surface area (Å²) in [6, 6.07) is 8.09. The van der Waals surface area contributed by atoms with Crippen molar-refractivity contribution in [3.05, 3.63) is 57.9 Å². The van der Waals surface area contributed by atoms with Crippen molar-refractivity contribution >= 4 is 11.8 Å². The highest BCUT2D eigenvalue weighted by Gasteiger charge is 2.43. The summed E-state index contributed by atoms with van der Waals surface area (Å²) in [4.78, 5) is 26.2. The van der Waals surface area contributed by atoms with Crippen LogP contribution in [-0.4, -0.2) is 18.4 Å². The van der Waals surface area contributed by atoms with Crippen molar-refractivity contribution in [1.82, 2.24) is 5.32 Å². The molecule has 0 aromatic heterocycles. The van der Waals surface area contributed by atoms with E-state index in [4.69, 9.17) is 4.74 Å². The molecular weight excluding hydrogens is 350 g/mol. The van der Waals surface area contributed by atoms with Gasteiger partial charge < -0.3 is 10.1 Å². The largest absolute Gasteiger partial charge is 0.462 e. The van der Waals surface area contributed by atoms with Crippen LogP contribution in [0.1, 0.15) is 70.4 Å². The minimum absolute atomic E-state index is 0.0838. The molecule has 1 aliphatic carbocycles. The molecule has 4 heteroatoms. The molecule has 0 bridgehead atoms. The quantitative estimate of drug-likeness (QED) is 0.580. The number of hydrogen-bond acceptors (Lipinski definition) is 4. The second-order valence-corrected chi connectivity index (χ2v) is 8.83. The van der Waals surface area contributed by atoms with Gasteiger partial charge in [-0.15, -0.1) is 0 Å². The Balaban J connectivity index is 2.09. The maximum absolute atomic E-state index is 13.2. The first-order chi connectivity index (χ1) is 13.2. The summed E-state index contributed by atoms with van der Waals surface area (Å²) in [6.45, 7) is 10.6. The molecule has 150 valence electrons. The number of carbonyl (C=O) groups is 2.